The van der Waals surface area contributed by atoms with Crippen LogP contribution in [0.15, 0.2) is 12.7 Å². The number of aliphatic hydroxyl groups is 1. The summed E-state index contributed by atoms with van der Waals surface area (Å²) < 4.78 is 27.1. The van der Waals surface area contributed by atoms with Crippen LogP contribution in [0.25, 0.3) is 11.2 Å². The molecule has 0 radical (unpaired) electrons. The molecule has 0 spiro atoms. The second kappa shape index (κ2) is 7.37. The van der Waals surface area contributed by atoms with Crippen molar-refractivity contribution in [3.63, 3.8) is 0 Å². The van der Waals surface area contributed by atoms with E-state index in [1.54, 1.807) is 0 Å². The topological polar surface area (TPSA) is 108 Å². The van der Waals surface area contributed by atoms with Gasteiger partial charge in [-0.3, -0.25) is 4.57 Å². The van der Waals surface area contributed by atoms with E-state index in [-0.39, 0.29) is 12.4 Å². The first-order chi connectivity index (χ1) is 11.6. The highest BCUT2D eigenvalue weighted by atomic mass is 19.1. The van der Waals surface area contributed by atoms with Gasteiger partial charge in [-0.1, -0.05) is 19.8 Å². The van der Waals surface area contributed by atoms with Crippen LogP contribution in [0.4, 0.5) is 10.2 Å². The molecule has 1 fully saturated rings. The summed E-state index contributed by atoms with van der Waals surface area (Å²) in [4.78, 5) is 12.0. The third-order valence-electron chi connectivity index (χ3n) is 4.13. The zero-order valence-electron chi connectivity index (χ0n) is 13.5. The molecule has 1 aliphatic rings. The first-order valence-corrected chi connectivity index (χ1v) is 8.11. The number of anilines is 1. The summed E-state index contributed by atoms with van der Waals surface area (Å²) in [6.45, 7) is 2.82. The van der Waals surface area contributed by atoms with Crippen molar-refractivity contribution in [2.24, 2.45) is 0 Å². The van der Waals surface area contributed by atoms with E-state index in [9.17, 15) is 9.50 Å². The minimum Gasteiger partial charge on any atom is -0.387 e. The summed E-state index contributed by atoms with van der Waals surface area (Å²) in [5.74, 6) is 0.212. The van der Waals surface area contributed by atoms with Gasteiger partial charge < -0.3 is 20.3 Å². The van der Waals surface area contributed by atoms with Crippen LogP contribution in [0.1, 0.15) is 32.4 Å². The van der Waals surface area contributed by atoms with E-state index in [1.165, 1.54) is 17.2 Å². The lowest BCUT2D eigenvalue weighted by molar-refractivity contribution is -0.0631. The lowest BCUT2D eigenvalue weighted by atomic mass is 10.1. The van der Waals surface area contributed by atoms with Crippen molar-refractivity contribution in [2.75, 3.05) is 18.9 Å². The van der Waals surface area contributed by atoms with E-state index in [1.807, 2.05) is 0 Å². The molecule has 0 unspecified atom stereocenters. The Morgan fingerprint density at radius 1 is 1.38 bits per heavy atom. The van der Waals surface area contributed by atoms with Crippen LogP contribution in [0.3, 0.4) is 0 Å². The Morgan fingerprint density at radius 2 is 2.21 bits per heavy atom. The number of hydrogen-bond donors (Lipinski definition) is 2. The fraction of sp³-hybridized carbons (Fsp3) is 0.667. The van der Waals surface area contributed by atoms with Gasteiger partial charge in [0.25, 0.3) is 0 Å². The Balaban J connectivity index is 1.69. The molecular formula is C15H22FN5O3. The summed E-state index contributed by atoms with van der Waals surface area (Å²) in [5.41, 5.74) is 6.48. The molecule has 2 aromatic heterocycles. The Hall–Kier alpha value is -1.84. The molecule has 3 N–H and O–H groups in total. The zero-order chi connectivity index (χ0) is 17.1. The number of imidazole rings is 1. The number of nitrogens with two attached hydrogens (primary N) is 1. The van der Waals surface area contributed by atoms with Crippen molar-refractivity contribution in [1.29, 1.82) is 0 Å². The van der Waals surface area contributed by atoms with Gasteiger partial charge >= 0.3 is 0 Å². The average molecular weight is 339 g/mol. The van der Waals surface area contributed by atoms with Crippen molar-refractivity contribution in [1.82, 2.24) is 19.5 Å². The first-order valence-electron chi connectivity index (χ1n) is 8.11. The van der Waals surface area contributed by atoms with Crippen molar-refractivity contribution in [2.45, 2.75) is 50.8 Å². The zero-order valence-corrected chi connectivity index (χ0v) is 13.5. The smallest absolute Gasteiger partial charge is 0.173 e. The Kier molecular flexibility index (Phi) is 5.22. The number of halogens is 1. The number of hydrogen-bond acceptors (Lipinski definition) is 7. The minimum atomic E-state index is -1.61. The fourth-order valence-corrected chi connectivity index (χ4v) is 2.78. The van der Waals surface area contributed by atoms with Crippen LogP contribution < -0.4 is 5.73 Å². The largest absolute Gasteiger partial charge is 0.387 e. The highest BCUT2D eigenvalue weighted by molar-refractivity contribution is 5.81. The van der Waals surface area contributed by atoms with Crippen LogP contribution in [-0.4, -0.2) is 56.2 Å². The van der Waals surface area contributed by atoms with Gasteiger partial charge in [-0.2, -0.15) is 0 Å². The Bertz CT molecular complexity index is 682. The van der Waals surface area contributed by atoms with Crippen molar-refractivity contribution in [3.8, 4) is 0 Å². The Morgan fingerprint density at radius 3 is 3.00 bits per heavy atom. The normalized spacial score (nSPS) is 27.1. The number of aliphatic hydroxyl groups excluding tert-OH is 1. The van der Waals surface area contributed by atoms with E-state index in [2.05, 4.69) is 21.9 Å². The van der Waals surface area contributed by atoms with Crippen LogP contribution >= 0.6 is 0 Å². The number of ether oxygens (including phenoxy) is 2. The highest BCUT2D eigenvalue weighted by Gasteiger charge is 2.45. The monoisotopic (exact) mass is 339 g/mol. The van der Waals surface area contributed by atoms with E-state index >= 15 is 0 Å². The molecule has 0 bridgehead atoms. The van der Waals surface area contributed by atoms with Gasteiger partial charge in [0.1, 0.15) is 24.1 Å². The number of alkyl halides is 1. The van der Waals surface area contributed by atoms with Crippen molar-refractivity contribution in [3.05, 3.63) is 12.7 Å². The van der Waals surface area contributed by atoms with Gasteiger partial charge in [0.2, 0.25) is 0 Å². The molecule has 3 rings (SSSR count). The van der Waals surface area contributed by atoms with Crippen molar-refractivity contribution < 1.29 is 19.0 Å². The second-order valence-corrected chi connectivity index (χ2v) is 5.87. The molecule has 1 saturated heterocycles. The molecule has 24 heavy (non-hydrogen) atoms. The van der Waals surface area contributed by atoms with Crippen LogP contribution in [-0.2, 0) is 9.47 Å². The van der Waals surface area contributed by atoms with Gasteiger partial charge in [-0.05, 0) is 6.42 Å². The predicted octanol–water partition coefficient (Wildman–Crippen LogP) is 1.21. The van der Waals surface area contributed by atoms with Crippen molar-refractivity contribution >= 4 is 17.0 Å². The molecule has 2 aromatic rings. The maximum atomic E-state index is 14.5. The third kappa shape index (κ3) is 3.19. The average Bonchev–Trinajstić information content (AvgIpc) is 3.12. The number of fused-ring (bicyclic) bond motifs is 1. The lowest BCUT2D eigenvalue weighted by Gasteiger charge is -2.15. The molecule has 0 amide bonds. The molecule has 9 heteroatoms. The Labute approximate surface area is 138 Å². The number of nitrogen functional groups attached to an aromatic ring is 1. The fourth-order valence-electron chi connectivity index (χ4n) is 2.78. The summed E-state index contributed by atoms with van der Waals surface area (Å²) in [6, 6.07) is 0. The standard InChI is InChI=1S/C15H22FN5O3/c1-2-3-4-5-23-6-9-12(22)10(16)15(24-9)21-8-20-11-13(17)18-7-19-14(11)21/h7-10,12,15,22H,2-6H2,1H3,(H2,17,18,19)/t9-,10+,12-,15-/m1/s1. The van der Waals surface area contributed by atoms with E-state index < -0.39 is 24.6 Å². The molecular weight excluding hydrogens is 317 g/mol. The molecule has 1 aliphatic heterocycles. The highest BCUT2D eigenvalue weighted by Crippen LogP contribution is 2.34. The molecule has 132 valence electrons. The minimum absolute atomic E-state index is 0.144. The van der Waals surface area contributed by atoms with Gasteiger partial charge in [0, 0.05) is 6.61 Å². The van der Waals surface area contributed by atoms with E-state index in [0.29, 0.717) is 17.8 Å². The van der Waals surface area contributed by atoms with Gasteiger partial charge in [0.05, 0.1) is 12.9 Å². The second-order valence-electron chi connectivity index (χ2n) is 5.87. The maximum Gasteiger partial charge on any atom is 0.173 e. The number of unbranched alkanes of at least 4 members (excludes halogenated alkanes) is 2. The number of aromatic nitrogens is 4. The quantitative estimate of drug-likeness (QED) is 0.730. The molecule has 0 saturated carbocycles. The summed E-state index contributed by atoms with van der Waals surface area (Å²) >= 11 is 0. The first kappa shape index (κ1) is 17.0. The predicted molar refractivity (Wildman–Crippen MR) is 84.9 cm³/mol. The molecule has 3 heterocycles. The lowest BCUT2D eigenvalue weighted by Crippen LogP contribution is -2.31. The molecule has 0 aromatic carbocycles. The summed E-state index contributed by atoms with van der Waals surface area (Å²) in [6.07, 6.45) is 1.15. The van der Waals surface area contributed by atoms with Crippen LogP contribution in [0.2, 0.25) is 0 Å². The molecule has 4 atom stereocenters. The van der Waals surface area contributed by atoms with E-state index in [0.717, 1.165) is 19.3 Å². The summed E-state index contributed by atoms with van der Waals surface area (Å²) in [5, 5.41) is 10.1. The van der Waals surface area contributed by atoms with Gasteiger partial charge in [-0.15, -0.1) is 0 Å². The van der Waals surface area contributed by atoms with Gasteiger partial charge in [0.15, 0.2) is 23.9 Å². The molecule has 0 aliphatic carbocycles. The summed E-state index contributed by atoms with van der Waals surface area (Å²) in [7, 11) is 0. The van der Waals surface area contributed by atoms with E-state index in [4.69, 9.17) is 15.2 Å². The van der Waals surface area contributed by atoms with Gasteiger partial charge in [-0.25, -0.2) is 19.3 Å². The van der Waals surface area contributed by atoms with Crippen LogP contribution in [0, 0.1) is 0 Å². The van der Waals surface area contributed by atoms with Crippen LogP contribution in [0.5, 0.6) is 0 Å². The third-order valence-corrected chi connectivity index (χ3v) is 4.13. The molecule has 8 nitrogen and oxygen atoms in total. The SMILES string of the molecule is CCCCCOC[C@H]1O[C@@H](n2cnc3c(N)ncnc32)[C@@H](F)[C@@H]1O. The maximum absolute atomic E-state index is 14.5. The number of rotatable bonds is 7. The number of nitrogens with zero attached hydrogens (tertiary/aromatic N) is 4.